The first-order valence-electron chi connectivity index (χ1n) is 11.5. The van der Waals surface area contributed by atoms with E-state index < -0.39 is 0 Å². The first-order chi connectivity index (χ1) is 15.5. The highest BCUT2D eigenvalue weighted by molar-refractivity contribution is 5.79. The molecule has 1 aliphatic rings. The molecule has 0 aliphatic carbocycles. The van der Waals surface area contributed by atoms with E-state index in [1.807, 2.05) is 36.1 Å². The van der Waals surface area contributed by atoms with E-state index in [0.717, 1.165) is 37.9 Å². The van der Waals surface area contributed by atoms with Gasteiger partial charge in [-0.05, 0) is 45.2 Å². The summed E-state index contributed by atoms with van der Waals surface area (Å²) in [5, 5.41) is 4.13. The summed E-state index contributed by atoms with van der Waals surface area (Å²) in [6.07, 6.45) is 2.82. The Hall–Kier alpha value is -3.15. The van der Waals surface area contributed by atoms with Crippen molar-refractivity contribution in [2.75, 3.05) is 24.5 Å². The molecule has 1 aromatic heterocycles. The minimum atomic E-state index is -0.0175. The summed E-state index contributed by atoms with van der Waals surface area (Å²) in [7, 11) is 0. The molecule has 32 heavy (non-hydrogen) atoms. The van der Waals surface area contributed by atoms with Crippen molar-refractivity contribution in [3.8, 4) is 11.4 Å². The number of rotatable bonds is 7. The Labute approximate surface area is 190 Å². The molecule has 0 radical (unpaired) electrons. The van der Waals surface area contributed by atoms with Crippen molar-refractivity contribution in [1.29, 1.82) is 0 Å². The summed E-state index contributed by atoms with van der Waals surface area (Å²) in [4.78, 5) is 22.2. The van der Waals surface area contributed by atoms with Crippen LogP contribution in [0.15, 0.2) is 53.1 Å². The minimum absolute atomic E-state index is 0.0175. The number of benzene rings is 2. The molecule has 168 valence electrons. The number of hydrogen-bond acceptors (Lipinski definition) is 5. The van der Waals surface area contributed by atoms with Gasteiger partial charge in [0.25, 0.3) is 0 Å². The summed E-state index contributed by atoms with van der Waals surface area (Å²) in [6.45, 7) is 9.01. The van der Waals surface area contributed by atoms with E-state index in [-0.39, 0.29) is 11.8 Å². The standard InChI is InChI=1S/C26H32N4O2/c1-4-15-30(18-24-27-25(28-32-24)21-11-7-19(2)8-12-21)26(31)22-6-5-16-29(17-22)23-13-9-20(3)10-14-23/h7-14,22H,4-6,15-18H2,1-3H3/t22-/m1/s1. The predicted molar refractivity (Wildman–Crippen MR) is 126 cm³/mol. The highest BCUT2D eigenvalue weighted by Crippen LogP contribution is 2.26. The molecule has 4 rings (SSSR count). The maximum absolute atomic E-state index is 13.4. The molecule has 2 heterocycles. The van der Waals surface area contributed by atoms with Crippen molar-refractivity contribution in [3.63, 3.8) is 0 Å². The molecule has 0 unspecified atom stereocenters. The lowest BCUT2D eigenvalue weighted by Gasteiger charge is -2.36. The number of aryl methyl sites for hydroxylation is 2. The summed E-state index contributed by atoms with van der Waals surface area (Å²) < 4.78 is 5.50. The lowest BCUT2D eigenvalue weighted by Crippen LogP contribution is -2.45. The zero-order valence-corrected chi connectivity index (χ0v) is 19.3. The Balaban J connectivity index is 1.44. The van der Waals surface area contributed by atoms with Crippen LogP contribution in [0.5, 0.6) is 0 Å². The molecular formula is C26H32N4O2. The van der Waals surface area contributed by atoms with E-state index in [4.69, 9.17) is 4.52 Å². The van der Waals surface area contributed by atoms with Gasteiger partial charge in [0.2, 0.25) is 17.6 Å². The number of hydrogen-bond donors (Lipinski definition) is 0. The number of nitrogens with zero attached hydrogens (tertiary/aromatic N) is 4. The monoisotopic (exact) mass is 432 g/mol. The second-order valence-electron chi connectivity index (χ2n) is 8.76. The predicted octanol–water partition coefficient (Wildman–Crippen LogP) is 5.01. The van der Waals surface area contributed by atoms with Crippen LogP contribution in [0.1, 0.15) is 43.2 Å². The van der Waals surface area contributed by atoms with Crippen LogP contribution in [-0.2, 0) is 11.3 Å². The zero-order valence-electron chi connectivity index (χ0n) is 19.3. The molecule has 0 N–H and O–H groups in total. The van der Waals surface area contributed by atoms with E-state index in [9.17, 15) is 4.79 Å². The number of amides is 1. The number of aromatic nitrogens is 2. The van der Waals surface area contributed by atoms with Crippen LogP contribution >= 0.6 is 0 Å². The fourth-order valence-electron chi connectivity index (χ4n) is 4.27. The summed E-state index contributed by atoms with van der Waals surface area (Å²) in [5.74, 6) is 1.20. The molecule has 1 aliphatic heterocycles. The maximum Gasteiger partial charge on any atom is 0.246 e. The minimum Gasteiger partial charge on any atom is -0.371 e. The van der Waals surface area contributed by atoms with E-state index >= 15 is 0 Å². The molecule has 3 aromatic rings. The van der Waals surface area contributed by atoms with Gasteiger partial charge >= 0.3 is 0 Å². The van der Waals surface area contributed by atoms with Crippen LogP contribution in [0.2, 0.25) is 0 Å². The number of carbonyl (C=O) groups is 1. The molecule has 0 saturated carbocycles. The van der Waals surface area contributed by atoms with E-state index in [2.05, 4.69) is 53.2 Å². The quantitative estimate of drug-likeness (QED) is 0.525. The van der Waals surface area contributed by atoms with Crippen LogP contribution in [0.4, 0.5) is 5.69 Å². The van der Waals surface area contributed by atoms with Crippen LogP contribution in [-0.4, -0.2) is 40.6 Å². The topological polar surface area (TPSA) is 62.5 Å². The Kier molecular flexibility index (Phi) is 6.88. The van der Waals surface area contributed by atoms with Crippen molar-refractivity contribution in [3.05, 3.63) is 65.5 Å². The van der Waals surface area contributed by atoms with Crippen molar-refractivity contribution >= 4 is 11.6 Å². The van der Waals surface area contributed by atoms with Crippen molar-refractivity contribution in [2.24, 2.45) is 5.92 Å². The first-order valence-corrected chi connectivity index (χ1v) is 11.5. The summed E-state index contributed by atoms with van der Waals surface area (Å²) in [5.41, 5.74) is 4.54. The molecular weight excluding hydrogens is 400 g/mol. The zero-order chi connectivity index (χ0) is 22.5. The van der Waals surface area contributed by atoms with Gasteiger partial charge < -0.3 is 14.3 Å². The molecule has 0 spiro atoms. The highest BCUT2D eigenvalue weighted by atomic mass is 16.5. The lowest BCUT2D eigenvalue weighted by molar-refractivity contribution is -0.136. The number of anilines is 1. The smallest absolute Gasteiger partial charge is 0.246 e. The molecule has 0 bridgehead atoms. The van der Waals surface area contributed by atoms with Gasteiger partial charge in [0.1, 0.15) is 0 Å². The van der Waals surface area contributed by atoms with Gasteiger partial charge in [-0.25, -0.2) is 0 Å². The summed E-state index contributed by atoms with van der Waals surface area (Å²) >= 11 is 0. The molecule has 6 heteroatoms. The third kappa shape index (κ3) is 5.18. The summed E-state index contributed by atoms with van der Waals surface area (Å²) in [6, 6.07) is 16.6. The Morgan fingerprint density at radius 3 is 2.47 bits per heavy atom. The van der Waals surface area contributed by atoms with Gasteiger partial charge in [0.05, 0.1) is 12.5 Å². The third-order valence-corrected chi connectivity index (χ3v) is 6.08. The molecule has 1 atom stereocenters. The van der Waals surface area contributed by atoms with Gasteiger partial charge in [-0.15, -0.1) is 0 Å². The number of carbonyl (C=O) groups excluding carboxylic acids is 1. The highest BCUT2D eigenvalue weighted by Gasteiger charge is 2.30. The van der Waals surface area contributed by atoms with Crippen LogP contribution in [0.3, 0.4) is 0 Å². The largest absolute Gasteiger partial charge is 0.371 e. The van der Waals surface area contributed by atoms with Crippen LogP contribution in [0.25, 0.3) is 11.4 Å². The van der Waals surface area contributed by atoms with Crippen LogP contribution in [0, 0.1) is 19.8 Å². The van der Waals surface area contributed by atoms with Gasteiger partial charge in [-0.2, -0.15) is 4.98 Å². The van der Waals surface area contributed by atoms with Crippen molar-refractivity contribution < 1.29 is 9.32 Å². The molecule has 1 amide bonds. The Morgan fingerprint density at radius 2 is 1.78 bits per heavy atom. The Morgan fingerprint density at radius 1 is 1.09 bits per heavy atom. The van der Waals surface area contributed by atoms with Gasteiger partial charge in [0.15, 0.2) is 0 Å². The normalized spacial score (nSPS) is 16.2. The van der Waals surface area contributed by atoms with Gasteiger partial charge in [-0.1, -0.05) is 59.6 Å². The average molecular weight is 433 g/mol. The second kappa shape index (κ2) is 9.98. The molecule has 1 fully saturated rings. The maximum atomic E-state index is 13.4. The van der Waals surface area contributed by atoms with Crippen molar-refractivity contribution in [1.82, 2.24) is 15.0 Å². The molecule has 6 nitrogen and oxygen atoms in total. The molecule has 2 aromatic carbocycles. The van der Waals surface area contributed by atoms with E-state index in [0.29, 0.717) is 24.8 Å². The SMILES string of the molecule is CCCN(Cc1nc(-c2ccc(C)cc2)no1)C(=O)[C@@H]1CCCN(c2ccc(C)cc2)C1. The fraction of sp³-hybridized carbons (Fsp3) is 0.423. The molecule has 1 saturated heterocycles. The van der Waals surface area contributed by atoms with E-state index in [1.165, 1.54) is 16.8 Å². The lowest BCUT2D eigenvalue weighted by atomic mass is 9.95. The van der Waals surface area contributed by atoms with Gasteiger partial charge in [0, 0.05) is 30.9 Å². The Bertz CT molecular complexity index is 1030. The number of piperidine rings is 1. The second-order valence-corrected chi connectivity index (χ2v) is 8.76. The van der Waals surface area contributed by atoms with E-state index in [1.54, 1.807) is 0 Å². The average Bonchev–Trinajstić information content (AvgIpc) is 3.28. The fourth-order valence-corrected chi connectivity index (χ4v) is 4.27. The van der Waals surface area contributed by atoms with Crippen molar-refractivity contribution in [2.45, 2.75) is 46.6 Å². The first kappa shape index (κ1) is 22.1. The van der Waals surface area contributed by atoms with Gasteiger partial charge in [-0.3, -0.25) is 4.79 Å². The third-order valence-electron chi connectivity index (χ3n) is 6.08. The van der Waals surface area contributed by atoms with Crippen LogP contribution < -0.4 is 4.90 Å².